The monoisotopic (exact) mass is 145 g/mol. The molecule has 1 aliphatic rings. The summed E-state index contributed by atoms with van der Waals surface area (Å²) in [5, 5.41) is 3.27. The summed E-state index contributed by atoms with van der Waals surface area (Å²) in [6, 6.07) is 0. The predicted octanol–water partition coefficient (Wildman–Crippen LogP) is 0.328. The largest absolute Gasteiger partial charge is 0.312 e. The van der Waals surface area contributed by atoms with Gasteiger partial charge in [-0.05, 0) is 13.2 Å². The van der Waals surface area contributed by atoms with Crippen LogP contribution in [-0.2, 0) is 0 Å². The fourth-order valence-corrected chi connectivity index (χ4v) is 2.78. The lowest BCUT2D eigenvalue weighted by Gasteiger charge is -1.87. The standard InChI is InChI=1S/C6H14N2P/c1-7-6-4-9(6)5-8(2)3/h5-7H,4H2,1-3H3/q+1. The van der Waals surface area contributed by atoms with Gasteiger partial charge < -0.3 is 5.32 Å². The Morgan fingerprint density at radius 2 is 2.33 bits per heavy atom. The van der Waals surface area contributed by atoms with Crippen molar-refractivity contribution in [2.75, 3.05) is 27.3 Å². The SMILES string of the molecule is CNC1CP1C=[N+](C)C. The fraction of sp³-hybridized carbons (Fsp3) is 0.833. The molecule has 1 heterocycles. The van der Waals surface area contributed by atoms with E-state index in [-0.39, 0.29) is 7.92 Å². The Hall–Kier alpha value is 0.0600. The summed E-state index contributed by atoms with van der Waals surface area (Å²) in [6.45, 7) is 0. The minimum Gasteiger partial charge on any atom is -0.312 e. The van der Waals surface area contributed by atoms with E-state index in [0.29, 0.717) is 0 Å². The van der Waals surface area contributed by atoms with E-state index in [9.17, 15) is 0 Å². The molecule has 0 spiro atoms. The van der Waals surface area contributed by atoms with Crippen LogP contribution in [0.5, 0.6) is 0 Å². The van der Waals surface area contributed by atoms with Crippen molar-refractivity contribution in [3.05, 3.63) is 0 Å². The zero-order chi connectivity index (χ0) is 6.85. The molecule has 0 amide bonds. The van der Waals surface area contributed by atoms with E-state index in [1.54, 1.807) is 0 Å². The van der Waals surface area contributed by atoms with Crippen LogP contribution in [0.25, 0.3) is 0 Å². The molecule has 1 N–H and O–H groups in total. The van der Waals surface area contributed by atoms with Gasteiger partial charge in [0, 0.05) is 13.7 Å². The van der Waals surface area contributed by atoms with Gasteiger partial charge in [0.15, 0.2) is 5.96 Å². The highest BCUT2D eigenvalue weighted by molar-refractivity contribution is 7.79. The molecule has 1 rings (SSSR count). The Labute approximate surface area is 57.7 Å². The molecule has 2 nitrogen and oxygen atoms in total. The van der Waals surface area contributed by atoms with Crippen LogP contribution in [0, 0.1) is 0 Å². The van der Waals surface area contributed by atoms with Crippen LogP contribution in [0.3, 0.4) is 0 Å². The maximum absolute atomic E-state index is 3.27. The van der Waals surface area contributed by atoms with Crippen molar-refractivity contribution in [2.24, 2.45) is 0 Å². The summed E-state index contributed by atoms with van der Waals surface area (Å²) in [5.41, 5.74) is 0. The first kappa shape index (κ1) is 7.17. The minimum atomic E-state index is 0.236. The molecule has 1 saturated heterocycles. The van der Waals surface area contributed by atoms with Crippen molar-refractivity contribution >= 4 is 13.9 Å². The Morgan fingerprint density at radius 3 is 2.67 bits per heavy atom. The summed E-state index contributed by atoms with van der Waals surface area (Å²) in [4.78, 5) is 0. The van der Waals surface area contributed by atoms with Crippen molar-refractivity contribution in [1.82, 2.24) is 5.32 Å². The third-order valence-corrected chi connectivity index (χ3v) is 3.68. The van der Waals surface area contributed by atoms with Crippen LogP contribution in [0.2, 0.25) is 0 Å². The molecular formula is C6H14N2P+. The van der Waals surface area contributed by atoms with E-state index in [2.05, 4.69) is 29.9 Å². The molecule has 2 unspecified atom stereocenters. The molecular weight excluding hydrogens is 131 g/mol. The van der Waals surface area contributed by atoms with Gasteiger partial charge in [-0.2, -0.15) is 0 Å². The third-order valence-electron chi connectivity index (χ3n) is 1.36. The zero-order valence-corrected chi connectivity index (χ0v) is 7.15. The molecule has 0 saturated carbocycles. The molecule has 1 aliphatic heterocycles. The minimum absolute atomic E-state index is 0.236. The average molecular weight is 145 g/mol. The van der Waals surface area contributed by atoms with Gasteiger partial charge in [0.25, 0.3) is 0 Å². The molecule has 0 bridgehead atoms. The molecule has 2 atom stereocenters. The van der Waals surface area contributed by atoms with Gasteiger partial charge in [-0.1, -0.05) is 0 Å². The molecule has 0 aromatic carbocycles. The second-order valence-electron chi connectivity index (χ2n) is 2.58. The first-order chi connectivity index (χ1) is 4.24. The molecule has 9 heavy (non-hydrogen) atoms. The third kappa shape index (κ3) is 2.04. The maximum Gasteiger partial charge on any atom is 0.161 e. The van der Waals surface area contributed by atoms with Crippen LogP contribution in [0.15, 0.2) is 0 Å². The Kier molecular flexibility index (Phi) is 2.20. The van der Waals surface area contributed by atoms with Crippen molar-refractivity contribution in [3.63, 3.8) is 0 Å². The lowest BCUT2D eigenvalue weighted by molar-refractivity contribution is -0.456. The molecule has 0 aromatic heterocycles. The normalized spacial score (nSPS) is 31.9. The summed E-state index contributed by atoms with van der Waals surface area (Å²) in [5.74, 6) is 3.15. The number of nitrogens with zero attached hydrogens (tertiary/aromatic N) is 1. The molecule has 0 radical (unpaired) electrons. The fourth-order valence-electron chi connectivity index (χ4n) is 0.834. The first-order valence-electron chi connectivity index (χ1n) is 3.18. The second kappa shape index (κ2) is 2.76. The smallest absolute Gasteiger partial charge is 0.161 e. The summed E-state index contributed by atoms with van der Waals surface area (Å²) < 4.78 is 2.16. The van der Waals surface area contributed by atoms with Gasteiger partial charge in [-0.15, -0.1) is 0 Å². The highest BCUT2D eigenvalue weighted by Crippen LogP contribution is 2.54. The number of hydrogen-bond donors (Lipinski definition) is 1. The Morgan fingerprint density at radius 1 is 1.67 bits per heavy atom. The van der Waals surface area contributed by atoms with Gasteiger partial charge in [-0.25, -0.2) is 4.58 Å². The van der Waals surface area contributed by atoms with Crippen molar-refractivity contribution < 1.29 is 4.58 Å². The van der Waals surface area contributed by atoms with Crippen LogP contribution in [0.1, 0.15) is 0 Å². The van der Waals surface area contributed by atoms with E-state index in [0.717, 1.165) is 5.78 Å². The van der Waals surface area contributed by atoms with Crippen LogP contribution in [0.4, 0.5) is 0 Å². The van der Waals surface area contributed by atoms with E-state index >= 15 is 0 Å². The average Bonchev–Trinajstić information content (AvgIpc) is 2.45. The Balaban J connectivity index is 2.27. The van der Waals surface area contributed by atoms with E-state index in [1.165, 1.54) is 6.16 Å². The van der Waals surface area contributed by atoms with Crippen molar-refractivity contribution in [1.29, 1.82) is 0 Å². The van der Waals surface area contributed by atoms with Gasteiger partial charge in [0.2, 0.25) is 0 Å². The van der Waals surface area contributed by atoms with Crippen molar-refractivity contribution in [2.45, 2.75) is 5.78 Å². The van der Waals surface area contributed by atoms with E-state index in [4.69, 9.17) is 0 Å². The number of nitrogens with one attached hydrogen (secondary N) is 1. The summed E-state index contributed by atoms with van der Waals surface area (Å²) in [7, 11) is 6.46. The van der Waals surface area contributed by atoms with Gasteiger partial charge >= 0.3 is 0 Å². The predicted molar refractivity (Wildman–Crippen MR) is 42.8 cm³/mol. The lowest BCUT2D eigenvalue weighted by atomic mass is 10.8. The van der Waals surface area contributed by atoms with E-state index in [1.807, 2.05) is 7.05 Å². The first-order valence-corrected chi connectivity index (χ1v) is 4.85. The number of hydrogen-bond acceptors (Lipinski definition) is 1. The van der Waals surface area contributed by atoms with Crippen molar-refractivity contribution in [3.8, 4) is 0 Å². The summed E-state index contributed by atoms with van der Waals surface area (Å²) >= 11 is 0. The quantitative estimate of drug-likeness (QED) is 0.336. The highest BCUT2D eigenvalue weighted by atomic mass is 31.1. The lowest BCUT2D eigenvalue weighted by Crippen LogP contribution is -2.08. The second-order valence-corrected chi connectivity index (χ2v) is 4.83. The van der Waals surface area contributed by atoms with Crippen LogP contribution in [-0.4, -0.2) is 43.6 Å². The van der Waals surface area contributed by atoms with E-state index < -0.39 is 0 Å². The molecule has 3 heteroatoms. The molecule has 52 valence electrons. The van der Waals surface area contributed by atoms with Crippen LogP contribution < -0.4 is 5.32 Å². The topological polar surface area (TPSA) is 15.0 Å². The highest BCUT2D eigenvalue weighted by Gasteiger charge is 2.36. The summed E-state index contributed by atoms with van der Waals surface area (Å²) in [6.07, 6.45) is 1.38. The zero-order valence-electron chi connectivity index (χ0n) is 6.26. The van der Waals surface area contributed by atoms with Gasteiger partial charge in [0.05, 0.1) is 0 Å². The number of rotatable bonds is 2. The van der Waals surface area contributed by atoms with Gasteiger partial charge in [-0.3, -0.25) is 0 Å². The molecule has 0 aliphatic carbocycles. The van der Waals surface area contributed by atoms with Gasteiger partial charge in [0.1, 0.15) is 14.1 Å². The molecule has 0 aromatic rings. The van der Waals surface area contributed by atoms with Crippen LogP contribution >= 0.6 is 7.92 Å². The molecule has 1 fully saturated rings. The Bertz CT molecular complexity index is 129. The maximum atomic E-state index is 3.27.